The highest BCUT2D eigenvalue weighted by molar-refractivity contribution is 5.89. The van der Waals surface area contributed by atoms with E-state index in [1.807, 2.05) is 17.0 Å². The molecule has 4 rings (SSSR count). The molecule has 3 heterocycles. The van der Waals surface area contributed by atoms with Gasteiger partial charge in [0.1, 0.15) is 17.1 Å². The van der Waals surface area contributed by atoms with Gasteiger partial charge in [0.05, 0.1) is 19.1 Å². The van der Waals surface area contributed by atoms with Crippen molar-refractivity contribution in [2.24, 2.45) is 5.41 Å². The number of amides is 1. The molecule has 2 aliphatic rings. The zero-order valence-corrected chi connectivity index (χ0v) is 16.3. The quantitative estimate of drug-likeness (QED) is 0.811. The van der Waals surface area contributed by atoms with Crippen molar-refractivity contribution >= 4 is 22.6 Å². The van der Waals surface area contributed by atoms with E-state index in [9.17, 15) is 4.79 Å². The number of carbonyl (C=O) groups is 1. The second kappa shape index (κ2) is 7.00. The Hall–Kier alpha value is -2.34. The molecule has 2 fully saturated rings. The second-order valence-electron chi connectivity index (χ2n) is 7.64. The number of aryl methyl sites for hydroxylation is 1. The van der Waals surface area contributed by atoms with Crippen LogP contribution in [0.15, 0.2) is 24.3 Å². The smallest absolute Gasteiger partial charge is 0.230 e. The van der Waals surface area contributed by atoms with E-state index in [0.29, 0.717) is 13.2 Å². The van der Waals surface area contributed by atoms with Gasteiger partial charge in [-0.3, -0.25) is 4.79 Å². The van der Waals surface area contributed by atoms with Crippen molar-refractivity contribution in [3.8, 4) is 5.75 Å². The van der Waals surface area contributed by atoms with Gasteiger partial charge >= 0.3 is 0 Å². The van der Waals surface area contributed by atoms with Crippen LogP contribution in [0.1, 0.15) is 18.4 Å². The monoisotopic (exact) mass is 369 g/mol. The zero-order chi connectivity index (χ0) is 19.0. The average Bonchev–Trinajstić information content (AvgIpc) is 3.25. The van der Waals surface area contributed by atoms with Gasteiger partial charge in [-0.15, -0.1) is 0 Å². The summed E-state index contributed by atoms with van der Waals surface area (Å²) in [5.74, 6) is 2.00. The maximum Gasteiger partial charge on any atom is 0.230 e. The van der Waals surface area contributed by atoms with Gasteiger partial charge in [-0.25, -0.2) is 4.98 Å². The van der Waals surface area contributed by atoms with Crippen molar-refractivity contribution in [2.45, 2.75) is 19.8 Å². The van der Waals surface area contributed by atoms with Crippen LogP contribution in [0.25, 0.3) is 10.9 Å². The van der Waals surface area contributed by atoms with Crippen molar-refractivity contribution in [3.63, 3.8) is 0 Å². The van der Waals surface area contributed by atoms with Crippen LogP contribution in [0.2, 0.25) is 0 Å². The zero-order valence-electron chi connectivity index (χ0n) is 16.3. The Labute approximate surface area is 160 Å². The third-order valence-corrected chi connectivity index (χ3v) is 6.06. The third-order valence-electron chi connectivity index (χ3n) is 6.06. The first-order chi connectivity index (χ1) is 13.1. The number of rotatable bonds is 5. The number of hydrogen-bond donors (Lipinski definition) is 0. The summed E-state index contributed by atoms with van der Waals surface area (Å²) in [5.41, 5.74) is 1.80. The van der Waals surface area contributed by atoms with Gasteiger partial charge < -0.3 is 19.3 Å². The van der Waals surface area contributed by atoms with E-state index >= 15 is 0 Å². The number of benzene rings is 1. The van der Waals surface area contributed by atoms with Crippen LogP contribution in [0.5, 0.6) is 5.75 Å². The number of anilines is 1. The molecule has 1 aromatic carbocycles. The topological polar surface area (TPSA) is 54.9 Å². The lowest BCUT2D eigenvalue weighted by Gasteiger charge is -2.24. The molecule has 1 aromatic heterocycles. The first-order valence-electron chi connectivity index (χ1n) is 9.55. The first-order valence-corrected chi connectivity index (χ1v) is 9.55. The molecular weight excluding hydrogens is 342 g/mol. The summed E-state index contributed by atoms with van der Waals surface area (Å²) in [5, 5.41) is 1.11. The molecule has 6 heteroatoms. The van der Waals surface area contributed by atoms with Crippen LogP contribution in [-0.2, 0) is 9.53 Å². The average molecular weight is 369 g/mol. The molecular formula is C21H27N3O3. The molecule has 0 N–H and O–H groups in total. The molecule has 27 heavy (non-hydrogen) atoms. The van der Waals surface area contributed by atoms with E-state index < -0.39 is 0 Å². The lowest BCUT2D eigenvalue weighted by molar-refractivity contribution is -0.135. The summed E-state index contributed by atoms with van der Waals surface area (Å²) in [6.07, 6.45) is 1.81. The summed E-state index contributed by atoms with van der Waals surface area (Å²) in [6, 6.07) is 8.14. The first kappa shape index (κ1) is 18.0. The predicted molar refractivity (Wildman–Crippen MR) is 105 cm³/mol. The normalized spacial score (nSPS) is 22.4. The number of aromatic nitrogens is 1. The number of methoxy groups -OCH3 is 2. The number of fused-ring (bicyclic) bond motifs is 1. The van der Waals surface area contributed by atoms with Gasteiger partial charge in [0.2, 0.25) is 5.91 Å². The van der Waals surface area contributed by atoms with Gasteiger partial charge in [0, 0.05) is 38.7 Å². The molecule has 0 radical (unpaired) electrons. The van der Waals surface area contributed by atoms with Crippen LogP contribution in [-0.4, -0.2) is 62.8 Å². The Bertz CT molecular complexity index is 869. The van der Waals surface area contributed by atoms with E-state index in [2.05, 4.69) is 24.0 Å². The van der Waals surface area contributed by atoms with E-state index in [0.717, 1.165) is 54.9 Å². The molecule has 1 amide bonds. The van der Waals surface area contributed by atoms with Gasteiger partial charge in [-0.2, -0.15) is 0 Å². The van der Waals surface area contributed by atoms with Crippen molar-refractivity contribution in [3.05, 3.63) is 29.8 Å². The summed E-state index contributed by atoms with van der Waals surface area (Å²) < 4.78 is 10.7. The van der Waals surface area contributed by atoms with Crippen LogP contribution in [0.4, 0.5) is 5.82 Å². The number of hydrogen-bond acceptors (Lipinski definition) is 5. The Balaban J connectivity index is 1.60. The molecule has 1 atom stereocenters. The molecule has 0 aliphatic carbocycles. The second-order valence-corrected chi connectivity index (χ2v) is 7.64. The predicted octanol–water partition coefficient (Wildman–Crippen LogP) is 2.63. The molecule has 1 spiro atoms. The van der Waals surface area contributed by atoms with Crippen LogP contribution in [0.3, 0.4) is 0 Å². The highest BCUT2D eigenvalue weighted by Gasteiger charge is 2.50. The number of likely N-dealkylation sites (tertiary alicyclic amines) is 1. The number of pyridine rings is 1. The van der Waals surface area contributed by atoms with Crippen molar-refractivity contribution in [1.29, 1.82) is 0 Å². The molecule has 2 saturated heterocycles. The molecule has 1 unspecified atom stereocenters. The molecule has 144 valence electrons. The molecule has 0 saturated carbocycles. The van der Waals surface area contributed by atoms with Crippen molar-refractivity contribution < 1.29 is 14.3 Å². The number of para-hydroxylation sites is 1. The summed E-state index contributed by atoms with van der Waals surface area (Å²) in [7, 11) is 3.35. The van der Waals surface area contributed by atoms with Crippen molar-refractivity contribution in [2.75, 3.05) is 51.9 Å². The van der Waals surface area contributed by atoms with Gasteiger partial charge in [-0.05, 0) is 37.5 Å². The lowest BCUT2D eigenvalue weighted by atomic mass is 9.85. The standard InChI is InChI=1S/C21H27N3O3/c1-15-13-18(22-19-16(15)5-4-6-17(19)27-3)24-10-8-21(14-24)7-9-23(20(21)25)11-12-26-2/h4-6,13H,7-12,14H2,1-3H3. The summed E-state index contributed by atoms with van der Waals surface area (Å²) in [4.78, 5) is 22.1. The maximum absolute atomic E-state index is 13.0. The van der Waals surface area contributed by atoms with Gasteiger partial charge in [0.25, 0.3) is 0 Å². The lowest BCUT2D eigenvalue weighted by Crippen LogP contribution is -2.38. The highest BCUT2D eigenvalue weighted by Crippen LogP contribution is 2.42. The molecule has 2 aromatic rings. The Kier molecular flexibility index (Phi) is 4.68. The fourth-order valence-corrected chi connectivity index (χ4v) is 4.46. The number of ether oxygens (including phenoxy) is 2. The number of carbonyl (C=O) groups excluding carboxylic acids is 1. The maximum atomic E-state index is 13.0. The fourth-order valence-electron chi connectivity index (χ4n) is 4.46. The summed E-state index contributed by atoms with van der Waals surface area (Å²) in [6.45, 7) is 5.80. The van der Waals surface area contributed by atoms with Crippen LogP contribution >= 0.6 is 0 Å². The molecule has 6 nitrogen and oxygen atoms in total. The fraction of sp³-hybridized carbons (Fsp3) is 0.524. The molecule has 2 aliphatic heterocycles. The minimum absolute atomic E-state index is 0.265. The molecule has 0 bridgehead atoms. The Morgan fingerprint density at radius 3 is 2.81 bits per heavy atom. The van der Waals surface area contributed by atoms with Crippen LogP contribution in [0, 0.1) is 12.3 Å². The minimum atomic E-state index is -0.265. The SMILES string of the molecule is COCCN1CCC2(CCN(c3cc(C)c4cccc(OC)c4n3)C2)C1=O. The van der Waals surface area contributed by atoms with Gasteiger partial charge in [0.15, 0.2) is 0 Å². The van der Waals surface area contributed by atoms with E-state index in [1.165, 1.54) is 5.56 Å². The van der Waals surface area contributed by atoms with Gasteiger partial charge in [-0.1, -0.05) is 12.1 Å². The number of nitrogens with zero attached hydrogens (tertiary/aromatic N) is 3. The Morgan fingerprint density at radius 2 is 2.04 bits per heavy atom. The van der Waals surface area contributed by atoms with E-state index in [1.54, 1.807) is 14.2 Å². The van der Waals surface area contributed by atoms with E-state index in [-0.39, 0.29) is 11.3 Å². The minimum Gasteiger partial charge on any atom is -0.494 e. The van der Waals surface area contributed by atoms with E-state index in [4.69, 9.17) is 14.5 Å². The van der Waals surface area contributed by atoms with Crippen molar-refractivity contribution in [1.82, 2.24) is 9.88 Å². The third kappa shape index (κ3) is 3.02. The largest absolute Gasteiger partial charge is 0.494 e. The Morgan fingerprint density at radius 1 is 1.22 bits per heavy atom. The van der Waals surface area contributed by atoms with Crippen LogP contribution < -0.4 is 9.64 Å². The highest BCUT2D eigenvalue weighted by atomic mass is 16.5. The summed E-state index contributed by atoms with van der Waals surface area (Å²) >= 11 is 0.